The van der Waals surface area contributed by atoms with Gasteiger partial charge in [-0.3, -0.25) is 15.0 Å². The lowest BCUT2D eigenvalue weighted by molar-refractivity contribution is 0.258. The molecule has 0 fully saturated rings. The number of fused-ring (bicyclic) bond motifs is 1. The lowest BCUT2D eigenvalue weighted by atomic mass is 9.96. The van der Waals surface area contributed by atoms with Crippen LogP contribution in [0.3, 0.4) is 0 Å². The van der Waals surface area contributed by atoms with Crippen LogP contribution in [0.5, 0.6) is 0 Å². The largest absolute Gasteiger partial charge is 0.337 e. The average Bonchev–Trinajstić information content (AvgIpc) is 3.23. The minimum absolute atomic E-state index is 0.462. The van der Waals surface area contributed by atoms with Crippen molar-refractivity contribution < 1.29 is 4.52 Å². The third-order valence-electron chi connectivity index (χ3n) is 4.23. The predicted octanol–water partition coefficient (Wildman–Crippen LogP) is 1.76. The van der Waals surface area contributed by atoms with Crippen molar-refractivity contribution in [2.45, 2.75) is 38.8 Å². The molecule has 3 aromatic heterocycles. The predicted molar refractivity (Wildman–Crippen MR) is 85.7 cm³/mol. The van der Waals surface area contributed by atoms with Gasteiger partial charge in [0.1, 0.15) is 5.69 Å². The summed E-state index contributed by atoms with van der Waals surface area (Å²) >= 11 is 0. The van der Waals surface area contributed by atoms with E-state index in [1.54, 1.807) is 18.6 Å². The molecule has 8 nitrogen and oxygen atoms in total. The third kappa shape index (κ3) is 3.05. The highest BCUT2D eigenvalue weighted by atomic mass is 16.5. The van der Waals surface area contributed by atoms with Gasteiger partial charge in [-0.2, -0.15) is 10.1 Å². The van der Waals surface area contributed by atoms with Crippen LogP contribution >= 0.6 is 0 Å². The van der Waals surface area contributed by atoms with Gasteiger partial charge >= 0.3 is 0 Å². The Morgan fingerprint density at radius 3 is 3.00 bits per heavy atom. The summed E-state index contributed by atoms with van der Waals surface area (Å²) in [5, 5.41) is 11.6. The molecule has 0 unspecified atom stereocenters. The van der Waals surface area contributed by atoms with Crippen LogP contribution in [0.4, 0.5) is 0 Å². The molecule has 3 heterocycles. The van der Waals surface area contributed by atoms with Gasteiger partial charge in [0.15, 0.2) is 0 Å². The van der Waals surface area contributed by atoms with E-state index in [2.05, 4.69) is 35.2 Å². The normalized spacial score (nSPS) is 14.1. The molecular weight excluding hydrogens is 306 g/mol. The zero-order chi connectivity index (χ0) is 16.4. The summed E-state index contributed by atoms with van der Waals surface area (Å²) in [5.74, 6) is 1.02. The highest BCUT2D eigenvalue weighted by molar-refractivity contribution is 5.45. The first-order valence-electron chi connectivity index (χ1n) is 8.12. The Morgan fingerprint density at radius 1 is 1.21 bits per heavy atom. The Morgan fingerprint density at radius 2 is 2.12 bits per heavy atom. The van der Waals surface area contributed by atoms with E-state index in [4.69, 9.17) is 4.52 Å². The van der Waals surface area contributed by atoms with Crippen LogP contribution < -0.4 is 0 Å². The second-order valence-electron chi connectivity index (χ2n) is 6.11. The quantitative estimate of drug-likeness (QED) is 0.763. The number of aryl methyl sites for hydroxylation is 1. The van der Waals surface area contributed by atoms with Crippen molar-refractivity contribution in [3.05, 3.63) is 41.4 Å². The van der Waals surface area contributed by atoms with Crippen LogP contribution in [0.25, 0.3) is 11.5 Å². The number of aromatic nitrogens is 6. The minimum Gasteiger partial charge on any atom is -0.337 e. The second-order valence-corrected chi connectivity index (χ2v) is 6.11. The fourth-order valence-corrected chi connectivity index (χ4v) is 3.06. The monoisotopic (exact) mass is 325 g/mol. The molecule has 0 bridgehead atoms. The summed E-state index contributed by atoms with van der Waals surface area (Å²) in [4.78, 5) is 14.7. The maximum absolute atomic E-state index is 5.32. The van der Waals surface area contributed by atoms with Crippen LogP contribution in [-0.2, 0) is 25.9 Å². The maximum atomic E-state index is 5.32. The minimum atomic E-state index is 0.462. The van der Waals surface area contributed by atoms with Crippen molar-refractivity contribution in [2.75, 3.05) is 7.05 Å². The zero-order valence-electron chi connectivity index (χ0n) is 13.6. The fraction of sp³-hybridized carbons (Fsp3) is 0.438. The molecule has 0 saturated carbocycles. The Bertz CT molecular complexity index is 811. The first-order chi connectivity index (χ1) is 11.8. The lowest BCUT2D eigenvalue weighted by Gasteiger charge is -2.15. The molecule has 1 aliphatic rings. The number of nitrogens with zero attached hydrogens (tertiary/aromatic N) is 6. The van der Waals surface area contributed by atoms with E-state index in [9.17, 15) is 0 Å². The number of H-pyrrole nitrogens is 1. The Balaban J connectivity index is 1.42. The Labute approximate surface area is 139 Å². The van der Waals surface area contributed by atoms with Crippen molar-refractivity contribution in [1.82, 2.24) is 35.2 Å². The highest BCUT2D eigenvalue weighted by Gasteiger charge is 2.19. The van der Waals surface area contributed by atoms with Gasteiger partial charge in [-0.25, -0.2) is 4.98 Å². The Hall–Kier alpha value is -2.61. The van der Waals surface area contributed by atoms with E-state index < -0.39 is 0 Å². The van der Waals surface area contributed by atoms with Gasteiger partial charge < -0.3 is 4.52 Å². The number of nitrogens with one attached hydrogen (secondary N) is 1. The van der Waals surface area contributed by atoms with Gasteiger partial charge in [0.05, 0.1) is 18.4 Å². The third-order valence-corrected chi connectivity index (χ3v) is 4.23. The van der Waals surface area contributed by atoms with Gasteiger partial charge in [0, 0.05) is 24.6 Å². The lowest BCUT2D eigenvalue weighted by Crippen LogP contribution is -2.19. The zero-order valence-corrected chi connectivity index (χ0v) is 13.6. The van der Waals surface area contributed by atoms with Crippen molar-refractivity contribution in [1.29, 1.82) is 0 Å². The fourth-order valence-electron chi connectivity index (χ4n) is 3.06. The molecule has 0 radical (unpaired) electrons. The molecule has 4 rings (SSSR count). The van der Waals surface area contributed by atoms with E-state index in [1.807, 2.05) is 7.05 Å². The van der Waals surface area contributed by atoms with Gasteiger partial charge in [0.2, 0.25) is 11.7 Å². The van der Waals surface area contributed by atoms with Crippen LogP contribution in [0.2, 0.25) is 0 Å². The van der Waals surface area contributed by atoms with Crippen LogP contribution in [0, 0.1) is 0 Å². The molecule has 1 N–H and O–H groups in total. The second kappa shape index (κ2) is 6.48. The van der Waals surface area contributed by atoms with Crippen LogP contribution in [0.1, 0.15) is 35.7 Å². The van der Waals surface area contributed by atoms with Gasteiger partial charge in [-0.1, -0.05) is 5.16 Å². The van der Waals surface area contributed by atoms with Crippen molar-refractivity contribution >= 4 is 0 Å². The van der Waals surface area contributed by atoms with Gasteiger partial charge in [-0.05, 0) is 38.3 Å². The molecular formula is C16H19N7O. The van der Waals surface area contributed by atoms with E-state index in [0.717, 1.165) is 25.1 Å². The van der Waals surface area contributed by atoms with Gasteiger partial charge in [0.25, 0.3) is 0 Å². The molecule has 0 aromatic carbocycles. The molecule has 0 saturated heterocycles. The summed E-state index contributed by atoms with van der Waals surface area (Å²) < 4.78 is 5.32. The summed E-state index contributed by atoms with van der Waals surface area (Å²) in [6, 6.07) is 0. The van der Waals surface area contributed by atoms with Crippen molar-refractivity contribution in [3.8, 4) is 11.5 Å². The summed E-state index contributed by atoms with van der Waals surface area (Å²) in [6.45, 7) is 1.32. The molecule has 0 aliphatic heterocycles. The van der Waals surface area contributed by atoms with E-state index in [1.165, 1.54) is 24.1 Å². The van der Waals surface area contributed by atoms with Crippen molar-refractivity contribution in [2.24, 2.45) is 0 Å². The highest BCUT2D eigenvalue weighted by Crippen LogP contribution is 2.23. The molecule has 3 aromatic rings. The smallest absolute Gasteiger partial charge is 0.241 e. The van der Waals surface area contributed by atoms with Gasteiger partial charge in [-0.15, -0.1) is 0 Å². The standard InChI is InChI=1S/C16H19N7O/c1-23(9-14-11-4-2-3-5-12(11)20-21-14)10-15-19-16(22-24-15)13-8-17-6-7-18-13/h6-8H,2-5,9-10H2,1H3,(H,20,21). The number of rotatable bonds is 5. The summed E-state index contributed by atoms with van der Waals surface area (Å²) in [6.07, 6.45) is 9.56. The Kier molecular flexibility index (Phi) is 4.04. The molecule has 0 spiro atoms. The molecule has 24 heavy (non-hydrogen) atoms. The van der Waals surface area contributed by atoms with E-state index in [0.29, 0.717) is 24.0 Å². The van der Waals surface area contributed by atoms with Crippen LogP contribution in [-0.4, -0.2) is 42.3 Å². The number of aromatic amines is 1. The first-order valence-corrected chi connectivity index (χ1v) is 8.12. The summed E-state index contributed by atoms with van der Waals surface area (Å²) in [5.41, 5.74) is 4.42. The van der Waals surface area contributed by atoms with Crippen LogP contribution in [0.15, 0.2) is 23.1 Å². The topological polar surface area (TPSA) is 96.6 Å². The molecule has 124 valence electrons. The molecule has 0 amide bonds. The first kappa shape index (κ1) is 14.9. The number of hydrogen-bond donors (Lipinski definition) is 1. The average molecular weight is 325 g/mol. The SMILES string of the molecule is CN(Cc1nc(-c2cnccn2)no1)Cc1n[nH]c2c1CCCC2. The molecule has 0 atom stereocenters. The summed E-state index contributed by atoms with van der Waals surface area (Å²) in [7, 11) is 2.02. The van der Waals surface area contributed by atoms with E-state index in [-0.39, 0.29) is 0 Å². The molecule has 8 heteroatoms. The number of hydrogen-bond acceptors (Lipinski definition) is 7. The van der Waals surface area contributed by atoms with Crippen molar-refractivity contribution in [3.63, 3.8) is 0 Å². The maximum Gasteiger partial charge on any atom is 0.241 e. The van der Waals surface area contributed by atoms with E-state index >= 15 is 0 Å². The molecule has 1 aliphatic carbocycles.